The molecule has 0 aromatic heterocycles. The number of hydrogen-bond donors (Lipinski definition) is 1. The molecule has 0 aromatic carbocycles. The van der Waals surface area contributed by atoms with Crippen LogP contribution in [-0.4, -0.2) is 72.7 Å². The minimum Gasteiger partial charge on any atom is -0.480 e. The topological polar surface area (TPSA) is 70.1 Å². The van der Waals surface area contributed by atoms with Crippen LogP contribution < -0.4 is 0 Å². The Morgan fingerprint density at radius 3 is 2.25 bits per heavy atom. The van der Waals surface area contributed by atoms with Crippen molar-refractivity contribution in [3.63, 3.8) is 0 Å². The Kier molecular flexibility index (Phi) is 6.95. The molecule has 1 atom stereocenters. The molecule has 0 spiro atoms. The Balaban J connectivity index is 2.84. The zero-order valence-electron chi connectivity index (χ0n) is 12.7. The van der Waals surface area contributed by atoms with Gasteiger partial charge in [-0.1, -0.05) is 26.7 Å². The Morgan fingerprint density at radius 1 is 1.25 bits per heavy atom. The van der Waals surface area contributed by atoms with Crippen LogP contribution in [0.25, 0.3) is 0 Å². The van der Waals surface area contributed by atoms with Gasteiger partial charge in [0.05, 0.1) is 19.3 Å². The first-order valence-corrected chi connectivity index (χ1v) is 7.29. The Bertz CT molecular complexity index is 325. The summed E-state index contributed by atoms with van der Waals surface area (Å²) in [6, 6.07) is -0.238. The zero-order valence-corrected chi connectivity index (χ0v) is 12.7. The molecule has 1 N–H and O–H groups in total. The maximum absolute atomic E-state index is 12.6. The van der Waals surface area contributed by atoms with Crippen molar-refractivity contribution in [2.75, 3.05) is 39.9 Å². The SMILES string of the molecule is CCC(CC)C(C(=O)N(C)CC(=O)O)N1CCOCC1. The fourth-order valence-electron chi connectivity index (χ4n) is 2.75. The molecule has 1 fully saturated rings. The van der Waals surface area contributed by atoms with Gasteiger partial charge < -0.3 is 14.7 Å². The summed E-state index contributed by atoms with van der Waals surface area (Å²) in [6.07, 6.45) is 1.82. The van der Waals surface area contributed by atoms with Gasteiger partial charge in [-0.2, -0.15) is 0 Å². The summed E-state index contributed by atoms with van der Waals surface area (Å²) in [7, 11) is 1.56. The Morgan fingerprint density at radius 2 is 1.80 bits per heavy atom. The third-order valence-corrected chi connectivity index (χ3v) is 3.94. The molecule has 0 aliphatic carbocycles. The van der Waals surface area contributed by atoms with Crippen molar-refractivity contribution in [2.45, 2.75) is 32.7 Å². The second kappa shape index (κ2) is 8.21. The maximum Gasteiger partial charge on any atom is 0.323 e. The maximum atomic E-state index is 12.6. The number of rotatable bonds is 7. The van der Waals surface area contributed by atoms with Crippen LogP contribution >= 0.6 is 0 Å². The van der Waals surface area contributed by atoms with Crippen molar-refractivity contribution >= 4 is 11.9 Å². The van der Waals surface area contributed by atoms with E-state index in [1.54, 1.807) is 7.05 Å². The number of morpholine rings is 1. The zero-order chi connectivity index (χ0) is 15.1. The number of amides is 1. The van der Waals surface area contributed by atoms with Crippen LogP contribution in [0.4, 0.5) is 0 Å². The summed E-state index contributed by atoms with van der Waals surface area (Å²) in [5, 5.41) is 8.85. The molecule has 1 saturated heterocycles. The highest BCUT2D eigenvalue weighted by molar-refractivity contribution is 5.85. The van der Waals surface area contributed by atoms with Gasteiger partial charge in [-0.05, 0) is 5.92 Å². The quantitative estimate of drug-likeness (QED) is 0.745. The molecule has 6 heteroatoms. The average Bonchev–Trinajstić information content (AvgIpc) is 2.44. The van der Waals surface area contributed by atoms with Crippen molar-refractivity contribution < 1.29 is 19.4 Å². The lowest BCUT2D eigenvalue weighted by Gasteiger charge is -2.39. The van der Waals surface area contributed by atoms with Crippen molar-refractivity contribution in [1.82, 2.24) is 9.80 Å². The Hall–Kier alpha value is -1.14. The van der Waals surface area contributed by atoms with Crippen LogP contribution in [0.1, 0.15) is 26.7 Å². The molecule has 1 aliphatic rings. The smallest absolute Gasteiger partial charge is 0.323 e. The molecule has 1 rings (SSSR count). The number of carbonyl (C=O) groups is 2. The normalized spacial score (nSPS) is 18.0. The van der Waals surface area contributed by atoms with Crippen molar-refractivity contribution in [1.29, 1.82) is 0 Å². The van der Waals surface area contributed by atoms with Gasteiger partial charge in [0.25, 0.3) is 0 Å². The van der Waals surface area contributed by atoms with Crippen molar-refractivity contribution in [2.24, 2.45) is 5.92 Å². The van der Waals surface area contributed by atoms with E-state index >= 15 is 0 Å². The molecule has 1 aliphatic heterocycles. The van der Waals surface area contributed by atoms with E-state index in [1.807, 2.05) is 0 Å². The lowest BCUT2D eigenvalue weighted by atomic mass is 9.91. The standard InChI is InChI=1S/C14H26N2O4/c1-4-11(5-2)13(16-6-8-20-9-7-16)14(19)15(3)10-12(17)18/h11,13H,4-10H2,1-3H3,(H,17,18). The van der Waals surface area contributed by atoms with Crippen LogP contribution in [0.2, 0.25) is 0 Å². The van der Waals surface area contributed by atoms with Gasteiger partial charge in [-0.25, -0.2) is 0 Å². The average molecular weight is 286 g/mol. The number of aliphatic carboxylic acids is 1. The lowest BCUT2D eigenvalue weighted by Crippen LogP contribution is -2.55. The highest BCUT2D eigenvalue weighted by Gasteiger charge is 2.34. The van der Waals surface area contributed by atoms with Crippen LogP contribution in [0.3, 0.4) is 0 Å². The number of nitrogens with zero attached hydrogens (tertiary/aromatic N) is 2. The number of hydrogen-bond acceptors (Lipinski definition) is 4. The summed E-state index contributed by atoms with van der Waals surface area (Å²) in [5.41, 5.74) is 0. The molecule has 20 heavy (non-hydrogen) atoms. The Labute approximate surface area is 120 Å². The summed E-state index contributed by atoms with van der Waals surface area (Å²) in [4.78, 5) is 26.9. The van der Waals surface area contributed by atoms with E-state index in [-0.39, 0.29) is 24.4 Å². The first-order valence-electron chi connectivity index (χ1n) is 7.29. The van der Waals surface area contributed by atoms with E-state index < -0.39 is 5.97 Å². The van der Waals surface area contributed by atoms with Crippen LogP contribution in [0.15, 0.2) is 0 Å². The largest absolute Gasteiger partial charge is 0.480 e. The first-order chi connectivity index (χ1) is 9.51. The van der Waals surface area contributed by atoms with E-state index in [0.29, 0.717) is 13.2 Å². The van der Waals surface area contributed by atoms with Gasteiger partial charge in [0.1, 0.15) is 6.54 Å². The number of carboxylic acid groups (broad SMARTS) is 1. The number of likely N-dealkylation sites (N-methyl/N-ethyl adjacent to an activating group) is 1. The fourth-order valence-corrected chi connectivity index (χ4v) is 2.75. The molecule has 0 radical (unpaired) electrons. The summed E-state index contributed by atoms with van der Waals surface area (Å²) in [6.45, 7) is 6.62. The highest BCUT2D eigenvalue weighted by atomic mass is 16.5. The second-order valence-electron chi connectivity index (χ2n) is 5.26. The molecule has 1 heterocycles. The predicted molar refractivity (Wildman–Crippen MR) is 75.5 cm³/mol. The second-order valence-corrected chi connectivity index (χ2v) is 5.26. The van der Waals surface area contributed by atoms with Gasteiger partial charge in [-0.15, -0.1) is 0 Å². The third kappa shape index (κ3) is 4.45. The lowest BCUT2D eigenvalue weighted by molar-refractivity contribution is -0.148. The summed E-state index contributed by atoms with van der Waals surface area (Å²) >= 11 is 0. The number of carboxylic acids is 1. The van der Waals surface area contributed by atoms with Gasteiger partial charge in [0.2, 0.25) is 5.91 Å². The predicted octanol–water partition coefficient (Wildman–Crippen LogP) is 0.666. The molecule has 0 bridgehead atoms. The third-order valence-electron chi connectivity index (χ3n) is 3.94. The van der Waals surface area contributed by atoms with Gasteiger partial charge in [0.15, 0.2) is 0 Å². The minimum atomic E-state index is -0.980. The van der Waals surface area contributed by atoms with E-state index in [2.05, 4.69) is 18.7 Å². The minimum absolute atomic E-state index is 0.0944. The fraction of sp³-hybridized carbons (Fsp3) is 0.857. The molecule has 116 valence electrons. The molecule has 0 aromatic rings. The van der Waals surface area contributed by atoms with E-state index in [9.17, 15) is 9.59 Å². The summed E-state index contributed by atoms with van der Waals surface area (Å²) in [5.74, 6) is -0.828. The van der Waals surface area contributed by atoms with E-state index in [0.717, 1.165) is 25.9 Å². The molecule has 1 amide bonds. The van der Waals surface area contributed by atoms with Crippen molar-refractivity contribution in [3.8, 4) is 0 Å². The molecule has 1 unspecified atom stereocenters. The molecule has 0 saturated carbocycles. The molecular formula is C14H26N2O4. The number of carbonyl (C=O) groups excluding carboxylic acids is 1. The van der Waals surface area contributed by atoms with Crippen LogP contribution in [-0.2, 0) is 14.3 Å². The van der Waals surface area contributed by atoms with Crippen molar-refractivity contribution in [3.05, 3.63) is 0 Å². The van der Waals surface area contributed by atoms with Gasteiger partial charge in [0, 0.05) is 20.1 Å². The monoisotopic (exact) mass is 286 g/mol. The first kappa shape index (κ1) is 16.9. The van der Waals surface area contributed by atoms with E-state index in [4.69, 9.17) is 9.84 Å². The van der Waals surface area contributed by atoms with Crippen LogP contribution in [0, 0.1) is 5.92 Å². The van der Waals surface area contributed by atoms with Crippen LogP contribution in [0.5, 0.6) is 0 Å². The highest BCUT2D eigenvalue weighted by Crippen LogP contribution is 2.21. The molecule has 6 nitrogen and oxygen atoms in total. The van der Waals surface area contributed by atoms with Gasteiger partial charge >= 0.3 is 5.97 Å². The molecular weight excluding hydrogens is 260 g/mol. The van der Waals surface area contributed by atoms with Gasteiger partial charge in [-0.3, -0.25) is 14.5 Å². The van der Waals surface area contributed by atoms with E-state index in [1.165, 1.54) is 4.90 Å². The summed E-state index contributed by atoms with van der Waals surface area (Å²) < 4.78 is 5.34. The number of ether oxygens (including phenoxy) is 1.